The van der Waals surface area contributed by atoms with Crippen molar-refractivity contribution in [1.82, 2.24) is 9.71 Å². The van der Waals surface area contributed by atoms with Crippen molar-refractivity contribution in [2.24, 2.45) is 5.92 Å². The number of methoxy groups -OCH3 is 1. The number of hydrogen-bond donors (Lipinski definition) is 3. The van der Waals surface area contributed by atoms with Gasteiger partial charge in [0, 0.05) is 22.2 Å². The van der Waals surface area contributed by atoms with Gasteiger partial charge >= 0.3 is 16.3 Å². The zero-order valence-electron chi connectivity index (χ0n) is 16.4. The molecule has 0 aliphatic rings. The number of anilines is 1. The van der Waals surface area contributed by atoms with Crippen LogP contribution in [0, 0.1) is 5.92 Å². The minimum Gasteiger partial charge on any atom is -0.495 e. The van der Waals surface area contributed by atoms with Gasteiger partial charge in [-0.05, 0) is 36.2 Å². The summed E-state index contributed by atoms with van der Waals surface area (Å²) in [5.41, 5.74) is 2.73. The minimum atomic E-state index is -4.20. The van der Waals surface area contributed by atoms with E-state index in [1.54, 1.807) is 12.1 Å². The highest BCUT2D eigenvalue weighted by Crippen LogP contribution is 2.32. The van der Waals surface area contributed by atoms with Gasteiger partial charge in [0.1, 0.15) is 5.75 Å². The van der Waals surface area contributed by atoms with Crippen LogP contribution in [0.5, 0.6) is 5.75 Å². The number of rotatable bonds is 7. The average Bonchev–Trinajstić information content (AvgIpc) is 3.10. The molecule has 0 saturated carbocycles. The van der Waals surface area contributed by atoms with Crippen molar-refractivity contribution in [3.05, 3.63) is 48.5 Å². The van der Waals surface area contributed by atoms with Gasteiger partial charge in [0.05, 0.1) is 19.4 Å². The number of fused-ring (bicyclic) bond motifs is 1. The third kappa shape index (κ3) is 5.20. The molecular weight excluding hydrogens is 394 g/mol. The van der Waals surface area contributed by atoms with E-state index >= 15 is 0 Å². The van der Waals surface area contributed by atoms with Crippen molar-refractivity contribution in [3.8, 4) is 17.0 Å². The molecule has 0 saturated heterocycles. The number of benzene rings is 2. The first-order valence-electron chi connectivity index (χ1n) is 9.01. The predicted octanol–water partition coefficient (Wildman–Crippen LogP) is 3.88. The summed E-state index contributed by atoms with van der Waals surface area (Å²) < 4.78 is 38.9. The highest BCUT2D eigenvalue weighted by molar-refractivity contribution is 7.91. The van der Waals surface area contributed by atoms with Crippen LogP contribution in [-0.4, -0.2) is 33.2 Å². The molecule has 0 unspecified atom stereocenters. The van der Waals surface area contributed by atoms with Gasteiger partial charge in [0.2, 0.25) is 0 Å². The second-order valence-electron chi connectivity index (χ2n) is 6.89. The molecular formula is C20H23N3O5S. The summed E-state index contributed by atoms with van der Waals surface area (Å²) in [6.07, 6.45) is -1.04. The van der Waals surface area contributed by atoms with Crippen LogP contribution in [0.2, 0.25) is 0 Å². The van der Waals surface area contributed by atoms with E-state index in [9.17, 15) is 13.2 Å². The molecule has 1 aromatic heterocycles. The summed E-state index contributed by atoms with van der Waals surface area (Å²) in [5, 5.41) is 1.04. The van der Waals surface area contributed by atoms with E-state index in [2.05, 4.69) is 9.71 Å². The standard InChI is InChI=1S/C20H23N3O5S/c1-13(2)12-28-20(24)23-29(25,26)22-18-11-15(8-9-19(18)27-3)17-10-14-6-4-5-7-16(14)21-17/h4-11,13,21-22H,12H2,1-3H3,(H,23,24). The van der Waals surface area contributed by atoms with Gasteiger partial charge in [-0.25, -0.2) is 9.52 Å². The lowest BCUT2D eigenvalue weighted by Crippen LogP contribution is -2.36. The van der Waals surface area contributed by atoms with Crippen LogP contribution in [0.4, 0.5) is 10.5 Å². The van der Waals surface area contributed by atoms with E-state index in [1.165, 1.54) is 7.11 Å². The van der Waals surface area contributed by atoms with Gasteiger partial charge in [0.15, 0.2) is 0 Å². The SMILES string of the molecule is COc1ccc(-c2cc3ccccc3[nH]2)cc1NS(=O)(=O)NC(=O)OCC(C)C. The number of nitrogens with one attached hydrogen (secondary N) is 3. The van der Waals surface area contributed by atoms with Crippen LogP contribution in [0.15, 0.2) is 48.5 Å². The first-order valence-corrected chi connectivity index (χ1v) is 10.5. The second-order valence-corrected chi connectivity index (χ2v) is 8.30. The van der Waals surface area contributed by atoms with Crippen LogP contribution in [0.25, 0.3) is 22.2 Å². The lowest BCUT2D eigenvalue weighted by Gasteiger charge is -2.14. The van der Waals surface area contributed by atoms with Crippen LogP contribution >= 0.6 is 0 Å². The van der Waals surface area contributed by atoms with E-state index in [-0.39, 0.29) is 18.2 Å². The maximum Gasteiger partial charge on any atom is 0.422 e. The second kappa shape index (κ2) is 8.44. The van der Waals surface area contributed by atoms with Gasteiger partial charge in [-0.3, -0.25) is 4.72 Å². The number of aromatic nitrogens is 1. The molecule has 2 aromatic carbocycles. The Balaban J connectivity index is 1.84. The fraction of sp³-hybridized carbons (Fsp3) is 0.250. The average molecular weight is 417 g/mol. The number of carbonyl (C=O) groups excluding carboxylic acids is 1. The molecule has 0 atom stereocenters. The Morgan fingerprint density at radius 1 is 1.14 bits per heavy atom. The highest BCUT2D eigenvalue weighted by Gasteiger charge is 2.18. The van der Waals surface area contributed by atoms with Crippen molar-refractivity contribution in [1.29, 1.82) is 0 Å². The Morgan fingerprint density at radius 3 is 2.59 bits per heavy atom. The van der Waals surface area contributed by atoms with E-state index in [1.807, 2.05) is 55.0 Å². The van der Waals surface area contributed by atoms with Crippen LogP contribution in [-0.2, 0) is 14.9 Å². The number of amides is 1. The zero-order valence-corrected chi connectivity index (χ0v) is 17.2. The smallest absolute Gasteiger partial charge is 0.422 e. The van der Waals surface area contributed by atoms with Crippen molar-refractivity contribution < 1.29 is 22.7 Å². The Labute approximate surface area is 169 Å². The van der Waals surface area contributed by atoms with Gasteiger partial charge in [-0.1, -0.05) is 32.0 Å². The van der Waals surface area contributed by atoms with Gasteiger partial charge in [0.25, 0.3) is 0 Å². The maximum atomic E-state index is 12.3. The number of aromatic amines is 1. The van der Waals surface area contributed by atoms with Crippen molar-refractivity contribution in [2.75, 3.05) is 18.4 Å². The molecule has 8 nitrogen and oxygen atoms in total. The molecule has 3 N–H and O–H groups in total. The quantitative estimate of drug-likeness (QED) is 0.540. The monoisotopic (exact) mass is 417 g/mol. The Kier molecular flexibility index (Phi) is 5.97. The predicted molar refractivity (Wildman–Crippen MR) is 112 cm³/mol. The molecule has 0 aliphatic heterocycles. The fourth-order valence-corrected chi connectivity index (χ4v) is 3.51. The molecule has 0 fully saturated rings. The Morgan fingerprint density at radius 2 is 1.90 bits per heavy atom. The summed E-state index contributed by atoms with van der Waals surface area (Å²) in [6, 6.07) is 14.9. The molecule has 9 heteroatoms. The normalized spacial score (nSPS) is 11.4. The van der Waals surface area contributed by atoms with Crippen molar-refractivity contribution in [3.63, 3.8) is 0 Å². The fourth-order valence-electron chi connectivity index (χ4n) is 2.74. The van der Waals surface area contributed by atoms with E-state index in [0.717, 1.165) is 22.2 Å². The number of H-pyrrole nitrogens is 1. The molecule has 0 bridgehead atoms. The van der Waals surface area contributed by atoms with Crippen molar-refractivity contribution in [2.45, 2.75) is 13.8 Å². The number of hydrogen-bond acceptors (Lipinski definition) is 5. The zero-order chi connectivity index (χ0) is 21.0. The maximum absolute atomic E-state index is 12.3. The summed E-state index contributed by atoms with van der Waals surface area (Å²) >= 11 is 0. The summed E-state index contributed by atoms with van der Waals surface area (Å²) in [4.78, 5) is 15.0. The summed E-state index contributed by atoms with van der Waals surface area (Å²) in [6.45, 7) is 3.81. The van der Waals surface area contributed by atoms with Gasteiger partial charge in [-0.15, -0.1) is 0 Å². The lowest BCUT2D eigenvalue weighted by molar-refractivity contribution is 0.139. The number of ether oxygens (including phenoxy) is 2. The molecule has 3 rings (SSSR count). The lowest BCUT2D eigenvalue weighted by atomic mass is 10.1. The van der Waals surface area contributed by atoms with Crippen molar-refractivity contribution >= 4 is 32.9 Å². The van der Waals surface area contributed by atoms with E-state index in [4.69, 9.17) is 9.47 Å². The van der Waals surface area contributed by atoms with Gasteiger partial charge in [-0.2, -0.15) is 8.42 Å². The molecule has 154 valence electrons. The molecule has 3 aromatic rings. The number of para-hydroxylation sites is 1. The minimum absolute atomic E-state index is 0.0875. The van der Waals surface area contributed by atoms with Crippen LogP contribution in [0.1, 0.15) is 13.8 Å². The molecule has 1 amide bonds. The Hall–Kier alpha value is -3.20. The van der Waals surface area contributed by atoms with E-state index < -0.39 is 16.3 Å². The highest BCUT2D eigenvalue weighted by atomic mass is 32.2. The Bertz CT molecular complexity index is 1090. The number of carbonyl (C=O) groups is 1. The largest absolute Gasteiger partial charge is 0.495 e. The van der Waals surface area contributed by atoms with Crippen LogP contribution < -0.4 is 14.2 Å². The molecule has 0 aliphatic carbocycles. The topological polar surface area (TPSA) is 110 Å². The first-order chi connectivity index (χ1) is 13.8. The summed E-state index contributed by atoms with van der Waals surface area (Å²) in [7, 11) is -2.77. The third-order valence-electron chi connectivity index (χ3n) is 4.05. The summed E-state index contributed by atoms with van der Waals surface area (Å²) in [5.74, 6) is 0.398. The van der Waals surface area contributed by atoms with Gasteiger partial charge < -0.3 is 14.5 Å². The molecule has 0 radical (unpaired) electrons. The molecule has 1 heterocycles. The first kappa shape index (κ1) is 20.5. The van der Waals surface area contributed by atoms with E-state index in [0.29, 0.717) is 5.75 Å². The van der Waals surface area contributed by atoms with Crippen LogP contribution in [0.3, 0.4) is 0 Å². The molecule has 29 heavy (non-hydrogen) atoms. The molecule has 0 spiro atoms. The third-order valence-corrected chi connectivity index (χ3v) is 4.97.